The Labute approximate surface area is 139 Å². The van der Waals surface area contributed by atoms with Crippen molar-refractivity contribution in [1.29, 1.82) is 0 Å². The van der Waals surface area contributed by atoms with Gasteiger partial charge in [-0.2, -0.15) is 5.10 Å². The van der Waals surface area contributed by atoms with Crippen LogP contribution in [0.15, 0.2) is 23.6 Å². The Hall–Kier alpha value is -2.29. The molecule has 0 saturated heterocycles. The van der Waals surface area contributed by atoms with Crippen LogP contribution in [0.2, 0.25) is 0 Å². The molecule has 0 radical (unpaired) electrons. The number of esters is 1. The van der Waals surface area contributed by atoms with Gasteiger partial charge in [0.1, 0.15) is 5.41 Å². The van der Waals surface area contributed by atoms with Gasteiger partial charge in [-0.15, -0.1) is 0 Å². The van der Waals surface area contributed by atoms with E-state index in [1.54, 1.807) is 10.7 Å². The van der Waals surface area contributed by atoms with Gasteiger partial charge in [0.15, 0.2) is 0 Å². The molecule has 0 amide bonds. The largest absolute Gasteiger partial charge is 0.468 e. The Morgan fingerprint density at radius 3 is 2.83 bits per heavy atom. The maximum absolute atomic E-state index is 12.6. The predicted octanol–water partition coefficient (Wildman–Crippen LogP) is 0.213. The molecule has 2 aromatic rings. The van der Waals surface area contributed by atoms with E-state index in [0.29, 0.717) is 25.0 Å². The fourth-order valence-electron chi connectivity index (χ4n) is 3.17. The second-order valence-corrected chi connectivity index (χ2v) is 7.93. The third-order valence-electron chi connectivity index (χ3n) is 4.30. The molecule has 1 atom stereocenters. The van der Waals surface area contributed by atoms with Crippen LogP contribution in [0.3, 0.4) is 0 Å². The zero-order valence-electron chi connectivity index (χ0n) is 13.7. The molecular formula is C15H18N4O4S. The minimum atomic E-state index is -3.57. The molecular weight excluding hydrogens is 332 g/mol. The lowest BCUT2D eigenvalue weighted by Crippen LogP contribution is -2.43. The van der Waals surface area contributed by atoms with Gasteiger partial charge in [-0.3, -0.25) is 9.48 Å². The summed E-state index contributed by atoms with van der Waals surface area (Å²) < 4.78 is 30.2. The standard InChI is InChI=1S/C15H18N4O4S/c1-19-9-10-8-15(13(20)23-2,6-4-11(10)18-19)12-5-7-16-14(17-12)24(3,21)22/h5,7,9H,4,6,8H2,1-3H3. The number of hydrogen-bond donors (Lipinski definition) is 0. The molecule has 9 heteroatoms. The van der Waals surface area contributed by atoms with Crippen molar-refractivity contribution in [3.63, 3.8) is 0 Å². The Morgan fingerprint density at radius 2 is 2.17 bits per heavy atom. The van der Waals surface area contributed by atoms with Crippen LogP contribution in [0.5, 0.6) is 0 Å². The van der Waals surface area contributed by atoms with Gasteiger partial charge >= 0.3 is 5.97 Å². The maximum Gasteiger partial charge on any atom is 0.318 e. The molecule has 8 nitrogen and oxygen atoms in total. The van der Waals surface area contributed by atoms with E-state index in [-0.39, 0.29) is 5.16 Å². The Morgan fingerprint density at radius 1 is 1.42 bits per heavy atom. The lowest BCUT2D eigenvalue weighted by Gasteiger charge is -2.33. The van der Waals surface area contributed by atoms with Gasteiger partial charge in [0.2, 0.25) is 15.0 Å². The topological polar surface area (TPSA) is 104 Å². The highest BCUT2D eigenvalue weighted by Gasteiger charge is 2.46. The number of aryl methyl sites for hydroxylation is 2. The Bertz CT molecular complexity index is 906. The average Bonchev–Trinajstić information content (AvgIpc) is 2.92. The molecule has 0 saturated carbocycles. The highest BCUT2D eigenvalue weighted by atomic mass is 32.2. The minimum absolute atomic E-state index is 0.291. The third-order valence-corrected chi connectivity index (χ3v) is 5.16. The number of methoxy groups -OCH3 is 1. The number of hydrogen-bond acceptors (Lipinski definition) is 7. The summed E-state index contributed by atoms with van der Waals surface area (Å²) in [7, 11) is -0.425. The number of carbonyl (C=O) groups is 1. The highest BCUT2D eigenvalue weighted by molar-refractivity contribution is 7.90. The number of ether oxygens (including phenoxy) is 1. The number of sulfone groups is 1. The Balaban J connectivity index is 2.14. The van der Waals surface area contributed by atoms with Crippen LogP contribution < -0.4 is 0 Å². The monoisotopic (exact) mass is 350 g/mol. The van der Waals surface area contributed by atoms with Gasteiger partial charge in [0.05, 0.1) is 18.5 Å². The van der Waals surface area contributed by atoms with E-state index in [1.807, 2.05) is 13.2 Å². The van der Waals surface area contributed by atoms with Crippen molar-refractivity contribution in [2.24, 2.45) is 7.05 Å². The van der Waals surface area contributed by atoms with Gasteiger partial charge in [-0.25, -0.2) is 18.4 Å². The molecule has 2 aromatic heterocycles. The zero-order chi connectivity index (χ0) is 17.5. The smallest absolute Gasteiger partial charge is 0.318 e. The van der Waals surface area contributed by atoms with Crippen molar-refractivity contribution in [3.8, 4) is 0 Å². The summed E-state index contributed by atoms with van der Waals surface area (Å²) >= 11 is 0. The van der Waals surface area contributed by atoms with Crippen LogP contribution in [0.25, 0.3) is 0 Å². The third kappa shape index (κ3) is 2.68. The summed E-state index contributed by atoms with van der Waals surface area (Å²) in [6.07, 6.45) is 5.67. The molecule has 1 aliphatic carbocycles. The lowest BCUT2D eigenvalue weighted by atomic mass is 9.71. The fraction of sp³-hybridized carbons (Fsp3) is 0.467. The summed E-state index contributed by atoms with van der Waals surface area (Å²) in [5.74, 6) is -0.435. The van der Waals surface area contributed by atoms with Gasteiger partial charge in [-0.05, 0) is 30.9 Å². The number of fused-ring (bicyclic) bond motifs is 1. The summed E-state index contributed by atoms with van der Waals surface area (Å²) in [5.41, 5.74) is 1.20. The first kappa shape index (κ1) is 16.6. The van der Waals surface area contributed by atoms with Crippen molar-refractivity contribution in [2.45, 2.75) is 29.8 Å². The molecule has 1 aliphatic rings. The first-order chi connectivity index (χ1) is 11.3. The van der Waals surface area contributed by atoms with Gasteiger partial charge in [-0.1, -0.05) is 0 Å². The molecule has 0 fully saturated rings. The second kappa shape index (κ2) is 5.66. The molecule has 0 bridgehead atoms. The van der Waals surface area contributed by atoms with E-state index in [9.17, 15) is 13.2 Å². The van der Waals surface area contributed by atoms with E-state index in [2.05, 4.69) is 15.1 Å². The summed E-state index contributed by atoms with van der Waals surface area (Å²) in [4.78, 5) is 20.6. The van der Waals surface area contributed by atoms with Crippen molar-refractivity contribution in [3.05, 3.63) is 35.4 Å². The van der Waals surface area contributed by atoms with Crippen molar-refractivity contribution < 1.29 is 17.9 Å². The first-order valence-electron chi connectivity index (χ1n) is 7.40. The quantitative estimate of drug-likeness (QED) is 0.576. The number of nitrogens with zero attached hydrogens (tertiary/aromatic N) is 4. The maximum atomic E-state index is 12.6. The molecule has 3 rings (SSSR count). The van der Waals surface area contributed by atoms with Gasteiger partial charge in [0, 0.05) is 25.7 Å². The van der Waals surface area contributed by atoms with E-state index in [0.717, 1.165) is 17.5 Å². The molecule has 0 spiro atoms. The normalized spacial score (nSPS) is 20.5. The molecule has 0 aromatic carbocycles. The molecule has 128 valence electrons. The van der Waals surface area contributed by atoms with Gasteiger partial charge in [0.25, 0.3) is 0 Å². The molecule has 0 N–H and O–H groups in total. The minimum Gasteiger partial charge on any atom is -0.468 e. The first-order valence-corrected chi connectivity index (χ1v) is 9.29. The van der Waals surface area contributed by atoms with E-state index < -0.39 is 21.2 Å². The molecule has 0 aliphatic heterocycles. The molecule has 1 unspecified atom stereocenters. The van der Waals surface area contributed by atoms with E-state index in [4.69, 9.17) is 4.74 Å². The predicted molar refractivity (Wildman–Crippen MR) is 84.1 cm³/mol. The summed E-state index contributed by atoms with van der Waals surface area (Å²) in [6.45, 7) is 0. The summed E-state index contributed by atoms with van der Waals surface area (Å²) in [6, 6.07) is 1.58. The number of carbonyl (C=O) groups excluding carboxylic acids is 1. The second-order valence-electron chi connectivity index (χ2n) is 6.02. The SMILES string of the molecule is COC(=O)C1(c2ccnc(S(C)(=O)=O)n2)CCc2nn(C)cc2C1. The molecule has 24 heavy (non-hydrogen) atoms. The number of aromatic nitrogens is 4. The van der Waals surface area contributed by atoms with Crippen LogP contribution in [-0.2, 0) is 44.7 Å². The number of rotatable bonds is 3. The summed E-state index contributed by atoms with van der Waals surface area (Å²) in [5, 5.41) is 4.10. The van der Waals surface area contributed by atoms with Crippen LogP contribution in [-0.4, -0.2) is 47.5 Å². The van der Waals surface area contributed by atoms with E-state index in [1.165, 1.54) is 13.3 Å². The van der Waals surface area contributed by atoms with Crippen molar-refractivity contribution >= 4 is 15.8 Å². The Kier molecular flexibility index (Phi) is 3.90. The van der Waals surface area contributed by atoms with Crippen LogP contribution in [0.1, 0.15) is 23.4 Å². The average molecular weight is 350 g/mol. The highest BCUT2D eigenvalue weighted by Crippen LogP contribution is 2.38. The van der Waals surface area contributed by atoms with E-state index >= 15 is 0 Å². The van der Waals surface area contributed by atoms with Crippen LogP contribution >= 0.6 is 0 Å². The van der Waals surface area contributed by atoms with Gasteiger partial charge < -0.3 is 4.74 Å². The zero-order valence-corrected chi connectivity index (χ0v) is 14.5. The van der Waals surface area contributed by atoms with Crippen LogP contribution in [0.4, 0.5) is 0 Å². The van der Waals surface area contributed by atoms with Crippen molar-refractivity contribution in [2.75, 3.05) is 13.4 Å². The lowest BCUT2D eigenvalue weighted by molar-refractivity contribution is -0.148. The molecule has 2 heterocycles. The fourth-order valence-corrected chi connectivity index (χ4v) is 3.68. The van der Waals surface area contributed by atoms with Crippen molar-refractivity contribution in [1.82, 2.24) is 19.7 Å². The van der Waals surface area contributed by atoms with Crippen LogP contribution in [0, 0.1) is 0 Å².